The summed E-state index contributed by atoms with van der Waals surface area (Å²) in [4.78, 5) is 56.5. The Morgan fingerprint density at radius 2 is 1.12 bits per heavy atom. The van der Waals surface area contributed by atoms with Gasteiger partial charge in [0.05, 0.1) is 12.7 Å². The maximum atomic E-state index is 11.7. The molecule has 0 atom stereocenters. The molecular weight excluding hydrogens is 855 g/mol. The van der Waals surface area contributed by atoms with Crippen LogP contribution in [0.1, 0.15) is 96.7 Å². The van der Waals surface area contributed by atoms with Crippen molar-refractivity contribution in [2.24, 2.45) is 0 Å². The number of ketones is 1. The number of carbonyl (C=O) groups excluding carboxylic acids is 2. The summed E-state index contributed by atoms with van der Waals surface area (Å²) >= 11 is 0. The van der Waals surface area contributed by atoms with Crippen LogP contribution in [0.4, 0.5) is 40.6 Å². The van der Waals surface area contributed by atoms with E-state index in [0.717, 1.165) is 72.3 Å². The molecule has 5 N–H and O–H groups in total. The average Bonchev–Trinajstić information content (AvgIpc) is 3.96. The molecule has 360 valence electrons. The SMILES string of the molecule is C=CC(=O)Cc1ccc(Nc2nc(NC3CCC(N(C)C)CC3)nc3c2ncn3C(C)C)cc1.C=CC(=O)Nc1cccc(Nc2nc(NC3CCC(N(C)C)CC3)nc3c2ncn3C(C)C)c1. The minimum absolute atomic E-state index is 0.00720. The van der Waals surface area contributed by atoms with Gasteiger partial charge in [-0.3, -0.25) is 9.59 Å². The van der Waals surface area contributed by atoms with Crippen molar-refractivity contribution in [3.63, 3.8) is 0 Å². The zero-order valence-electron chi connectivity index (χ0n) is 41.0. The number of amides is 1. The van der Waals surface area contributed by atoms with Crippen LogP contribution in [0, 0.1) is 0 Å². The minimum atomic E-state index is -0.257. The highest BCUT2D eigenvalue weighted by atomic mass is 16.1. The molecule has 4 aromatic heterocycles. The molecule has 17 nitrogen and oxygen atoms in total. The monoisotopic (exact) mass is 924 g/mol. The molecule has 0 spiro atoms. The maximum absolute atomic E-state index is 11.7. The van der Waals surface area contributed by atoms with Crippen LogP contribution in [0.25, 0.3) is 22.3 Å². The number of nitrogens with one attached hydrogen (secondary N) is 5. The van der Waals surface area contributed by atoms with Crippen molar-refractivity contribution < 1.29 is 9.59 Å². The Labute approximate surface area is 400 Å². The van der Waals surface area contributed by atoms with Gasteiger partial charge in [-0.05, 0) is 155 Å². The molecular formula is C51H69N15O2. The fourth-order valence-electron chi connectivity index (χ4n) is 8.85. The quantitative estimate of drug-likeness (QED) is 0.0545. The molecule has 17 heteroatoms. The van der Waals surface area contributed by atoms with Gasteiger partial charge in [0.25, 0.3) is 0 Å². The van der Waals surface area contributed by atoms with Crippen LogP contribution in [0.2, 0.25) is 0 Å². The van der Waals surface area contributed by atoms with Crippen molar-refractivity contribution in [2.75, 3.05) is 54.8 Å². The number of carbonyl (C=O) groups is 2. The van der Waals surface area contributed by atoms with E-state index in [0.29, 0.717) is 65.3 Å². The highest BCUT2D eigenvalue weighted by molar-refractivity contribution is 5.99. The summed E-state index contributed by atoms with van der Waals surface area (Å²) < 4.78 is 4.12. The third-order valence-corrected chi connectivity index (χ3v) is 12.9. The fraction of sp³-hybridized carbons (Fsp3) is 0.451. The Morgan fingerprint density at radius 1 is 0.647 bits per heavy atom. The van der Waals surface area contributed by atoms with Gasteiger partial charge in [-0.15, -0.1) is 0 Å². The van der Waals surface area contributed by atoms with E-state index in [-0.39, 0.29) is 23.8 Å². The largest absolute Gasteiger partial charge is 0.351 e. The van der Waals surface area contributed by atoms with Gasteiger partial charge in [0, 0.05) is 59.7 Å². The zero-order chi connectivity index (χ0) is 48.5. The van der Waals surface area contributed by atoms with Gasteiger partial charge in [0.2, 0.25) is 17.8 Å². The lowest BCUT2D eigenvalue weighted by molar-refractivity contribution is -0.114. The van der Waals surface area contributed by atoms with E-state index in [2.05, 4.69) is 125 Å². The van der Waals surface area contributed by atoms with Crippen LogP contribution in [0.3, 0.4) is 0 Å². The van der Waals surface area contributed by atoms with Crippen molar-refractivity contribution in [3.8, 4) is 0 Å². The number of fused-ring (bicyclic) bond motifs is 2. The summed E-state index contributed by atoms with van der Waals surface area (Å²) in [5.74, 6) is 2.27. The summed E-state index contributed by atoms with van der Waals surface area (Å²) in [6.45, 7) is 15.5. The van der Waals surface area contributed by atoms with Crippen LogP contribution in [0.5, 0.6) is 0 Å². The average molecular weight is 924 g/mol. The maximum Gasteiger partial charge on any atom is 0.247 e. The van der Waals surface area contributed by atoms with Crippen molar-refractivity contribution in [1.82, 2.24) is 48.8 Å². The standard InChI is InChI=1S/C26H35N7O.C25H34N8O/c1-6-22(34)15-18-7-9-19(10-8-18)28-24-23-25(33(16-27-23)17(2)3)31-26(30-24)29-20-11-13-21(14-12-20)32(4)5;1-6-21(34)27-18-8-7-9-19(14-18)28-23-22-24(33(15-26-22)16(2)3)31-25(30-23)29-17-10-12-20(13-11-17)32(4)5/h6-10,16-17,20-21H,1,11-15H2,2-5H3,(H2,28,29,30,31);6-9,14-17,20H,1,10-13H2,2-5H3,(H,27,34)(H2,28,29,30,31). The summed E-state index contributed by atoms with van der Waals surface area (Å²) in [6.07, 6.45) is 15.6. The van der Waals surface area contributed by atoms with Crippen molar-refractivity contribution in [2.45, 2.75) is 122 Å². The van der Waals surface area contributed by atoms with Gasteiger partial charge in [0.1, 0.15) is 0 Å². The molecule has 0 bridgehead atoms. The van der Waals surface area contributed by atoms with E-state index in [9.17, 15) is 9.59 Å². The molecule has 8 rings (SSSR count). The number of anilines is 7. The molecule has 2 aliphatic carbocycles. The van der Waals surface area contributed by atoms with Crippen LogP contribution in [-0.2, 0) is 16.0 Å². The first kappa shape index (κ1) is 49.2. The van der Waals surface area contributed by atoms with E-state index in [1.165, 1.54) is 25.0 Å². The second-order valence-electron chi connectivity index (χ2n) is 18.9. The Hall–Kier alpha value is -6.72. The number of nitrogens with zero attached hydrogens (tertiary/aromatic N) is 10. The minimum Gasteiger partial charge on any atom is -0.351 e. The Kier molecular flexibility index (Phi) is 16.2. The lowest BCUT2D eigenvalue weighted by Gasteiger charge is -2.33. The normalized spacial score (nSPS) is 18.4. The third kappa shape index (κ3) is 12.4. The van der Waals surface area contributed by atoms with Crippen molar-refractivity contribution in [3.05, 3.63) is 92.1 Å². The van der Waals surface area contributed by atoms with Gasteiger partial charge in [-0.25, -0.2) is 9.97 Å². The molecule has 0 saturated heterocycles. The summed E-state index contributed by atoms with van der Waals surface area (Å²) in [5, 5.41) is 16.7. The first-order chi connectivity index (χ1) is 32.7. The lowest BCUT2D eigenvalue weighted by atomic mass is 9.91. The van der Waals surface area contributed by atoms with Crippen molar-refractivity contribution >= 4 is 74.6 Å². The van der Waals surface area contributed by atoms with Crippen molar-refractivity contribution in [1.29, 1.82) is 0 Å². The summed E-state index contributed by atoms with van der Waals surface area (Å²) in [7, 11) is 8.62. The molecule has 2 aliphatic rings. The predicted molar refractivity (Wildman–Crippen MR) is 275 cm³/mol. The first-order valence-electron chi connectivity index (χ1n) is 23.8. The second-order valence-corrected chi connectivity index (χ2v) is 18.9. The number of rotatable bonds is 17. The van der Waals surface area contributed by atoms with Crippen LogP contribution >= 0.6 is 0 Å². The number of aromatic nitrogens is 8. The topological polar surface area (TPSA) is 188 Å². The number of imidazole rings is 2. The number of hydrogen-bond acceptors (Lipinski definition) is 14. The third-order valence-electron chi connectivity index (χ3n) is 12.9. The van der Waals surface area contributed by atoms with Crippen LogP contribution in [0.15, 0.2) is 86.5 Å². The second kappa shape index (κ2) is 22.4. The van der Waals surface area contributed by atoms with E-state index in [1.54, 1.807) is 0 Å². The molecule has 2 saturated carbocycles. The Balaban J connectivity index is 0.000000201. The number of benzene rings is 2. The Morgan fingerprint density at radius 3 is 1.56 bits per heavy atom. The van der Waals surface area contributed by atoms with Crippen LogP contribution < -0.4 is 26.6 Å². The highest BCUT2D eigenvalue weighted by Crippen LogP contribution is 2.31. The fourth-order valence-corrected chi connectivity index (χ4v) is 8.85. The Bertz CT molecular complexity index is 2670. The summed E-state index contributed by atoms with van der Waals surface area (Å²) in [5.41, 5.74) is 6.33. The first-order valence-corrected chi connectivity index (χ1v) is 23.8. The molecule has 2 aromatic carbocycles. The van der Waals surface area contributed by atoms with Gasteiger partial charge < -0.3 is 45.5 Å². The van der Waals surface area contributed by atoms with Gasteiger partial charge >= 0.3 is 0 Å². The molecule has 0 unspecified atom stereocenters. The number of allylic oxidation sites excluding steroid dienone is 1. The van der Waals surface area contributed by atoms with E-state index in [1.807, 2.05) is 61.2 Å². The van der Waals surface area contributed by atoms with E-state index < -0.39 is 0 Å². The van der Waals surface area contributed by atoms with E-state index in [4.69, 9.17) is 19.9 Å². The van der Waals surface area contributed by atoms with Crippen LogP contribution in [-0.4, -0.2) is 113 Å². The number of hydrogen-bond donors (Lipinski definition) is 5. The molecule has 68 heavy (non-hydrogen) atoms. The van der Waals surface area contributed by atoms with Gasteiger partial charge in [-0.1, -0.05) is 31.4 Å². The molecule has 0 radical (unpaired) electrons. The molecule has 0 aliphatic heterocycles. The molecule has 6 aromatic rings. The van der Waals surface area contributed by atoms with E-state index >= 15 is 0 Å². The lowest BCUT2D eigenvalue weighted by Crippen LogP contribution is -2.36. The van der Waals surface area contributed by atoms with Gasteiger partial charge in [-0.2, -0.15) is 19.9 Å². The predicted octanol–water partition coefficient (Wildman–Crippen LogP) is 9.29. The highest BCUT2D eigenvalue weighted by Gasteiger charge is 2.26. The molecule has 2 fully saturated rings. The summed E-state index contributed by atoms with van der Waals surface area (Å²) in [6, 6.07) is 17.7. The zero-order valence-corrected chi connectivity index (χ0v) is 41.0. The smallest absolute Gasteiger partial charge is 0.247 e. The molecule has 4 heterocycles. The molecule has 1 amide bonds. The van der Waals surface area contributed by atoms with Gasteiger partial charge in [0.15, 0.2) is 39.7 Å².